The number of imidazole rings is 1. The van der Waals surface area contributed by atoms with Gasteiger partial charge < -0.3 is 19.9 Å². The highest BCUT2D eigenvalue weighted by molar-refractivity contribution is 5.98. The van der Waals surface area contributed by atoms with Crippen LogP contribution in [0.25, 0.3) is 22.2 Å². The van der Waals surface area contributed by atoms with Gasteiger partial charge >= 0.3 is 12.0 Å². The minimum Gasteiger partial charge on any atom is -0.478 e. The average Bonchev–Trinajstić information content (AvgIpc) is 3.53. The summed E-state index contributed by atoms with van der Waals surface area (Å²) in [6, 6.07) is 20.8. The van der Waals surface area contributed by atoms with Crippen molar-refractivity contribution in [1.82, 2.24) is 14.5 Å². The number of nitrogens with one attached hydrogen (secondary N) is 1. The molecule has 0 atom stereocenters. The molecule has 1 saturated heterocycles. The molecule has 0 aliphatic carbocycles. The Morgan fingerprint density at radius 3 is 2.49 bits per heavy atom. The molecule has 1 aliphatic heterocycles. The van der Waals surface area contributed by atoms with Crippen LogP contribution in [0.3, 0.4) is 0 Å². The molecule has 2 amide bonds. The van der Waals surface area contributed by atoms with E-state index in [9.17, 15) is 14.7 Å². The molecule has 3 aromatic carbocycles. The number of aryl methyl sites for hydroxylation is 1. The van der Waals surface area contributed by atoms with Crippen LogP contribution in [-0.4, -0.2) is 44.6 Å². The number of fused-ring (bicyclic) bond motifs is 1. The highest BCUT2D eigenvalue weighted by atomic mass is 16.4. The first kappa shape index (κ1) is 22.7. The van der Waals surface area contributed by atoms with E-state index in [1.165, 1.54) is 0 Å². The third-order valence-corrected chi connectivity index (χ3v) is 6.57. The van der Waals surface area contributed by atoms with E-state index in [1.807, 2.05) is 78.6 Å². The molecule has 2 N–H and O–H groups in total. The van der Waals surface area contributed by atoms with E-state index >= 15 is 0 Å². The number of urea groups is 1. The molecule has 0 spiro atoms. The van der Waals surface area contributed by atoms with Crippen LogP contribution in [0.15, 0.2) is 66.7 Å². The van der Waals surface area contributed by atoms with Crippen molar-refractivity contribution in [1.29, 1.82) is 0 Å². The summed E-state index contributed by atoms with van der Waals surface area (Å²) < 4.78 is 2.05. The van der Waals surface area contributed by atoms with Crippen molar-refractivity contribution < 1.29 is 14.7 Å². The van der Waals surface area contributed by atoms with Gasteiger partial charge in [-0.1, -0.05) is 55.5 Å². The number of benzene rings is 3. The number of nitrogens with zero attached hydrogens (tertiary/aromatic N) is 3. The van der Waals surface area contributed by atoms with Gasteiger partial charge in [0.25, 0.3) is 0 Å². The summed E-state index contributed by atoms with van der Waals surface area (Å²) in [5.74, 6) is -0.0926. The van der Waals surface area contributed by atoms with E-state index in [-0.39, 0.29) is 6.03 Å². The van der Waals surface area contributed by atoms with Gasteiger partial charge in [-0.25, -0.2) is 14.6 Å². The van der Waals surface area contributed by atoms with Gasteiger partial charge in [-0.15, -0.1) is 0 Å². The van der Waals surface area contributed by atoms with Crippen LogP contribution in [-0.2, 0) is 13.0 Å². The topological polar surface area (TPSA) is 87.5 Å². The lowest BCUT2D eigenvalue weighted by molar-refractivity contribution is 0.0696. The molecule has 1 aromatic heterocycles. The van der Waals surface area contributed by atoms with Crippen LogP contribution in [0, 0.1) is 0 Å². The Bertz CT molecular complexity index is 1390. The van der Waals surface area contributed by atoms with E-state index in [0.717, 1.165) is 48.4 Å². The summed E-state index contributed by atoms with van der Waals surface area (Å²) in [5, 5.41) is 13.2. The van der Waals surface area contributed by atoms with Crippen molar-refractivity contribution in [3.05, 3.63) is 83.7 Å². The maximum absolute atomic E-state index is 12.6. The van der Waals surface area contributed by atoms with Gasteiger partial charge in [-0.3, -0.25) is 0 Å². The molecule has 7 nitrogen and oxygen atoms in total. The molecule has 4 aromatic rings. The van der Waals surface area contributed by atoms with Gasteiger partial charge in [0.1, 0.15) is 5.82 Å². The molecule has 0 bridgehead atoms. The minimum atomic E-state index is -0.958. The van der Waals surface area contributed by atoms with Crippen molar-refractivity contribution >= 4 is 28.7 Å². The molecule has 0 saturated carbocycles. The number of likely N-dealkylation sites (tertiary alicyclic amines) is 1. The van der Waals surface area contributed by atoms with Crippen LogP contribution in [0.5, 0.6) is 0 Å². The highest BCUT2D eigenvalue weighted by Crippen LogP contribution is 2.29. The summed E-state index contributed by atoms with van der Waals surface area (Å²) in [6.07, 6.45) is 2.77. The van der Waals surface area contributed by atoms with E-state index in [1.54, 1.807) is 0 Å². The van der Waals surface area contributed by atoms with Gasteiger partial charge in [-0.05, 0) is 47.7 Å². The number of aromatic carboxylic acids is 1. The second-order valence-electron chi connectivity index (χ2n) is 8.81. The Morgan fingerprint density at radius 2 is 1.77 bits per heavy atom. The maximum atomic E-state index is 12.6. The fourth-order valence-electron chi connectivity index (χ4n) is 4.83. The summed E-state index contributed by atoms with van der Waals surface area (Å²) in [7, 11) is 0. The Balaban J connectivity index is 1.54. The molecule has 178 valence electrons. The van der Waals surface area contributed by atoms with E-state index < -0.39 is 5.97 Å². The minimum absolute atomic E-state index is 0.0904. The normalized spacial score (nSPS) is 13.3. The summed E-state index contributed by atoms with van der Waals surface area (Å²) in [6.45, 7) is 3.96. The highest BCUT2D eigenvalue weighted by Gasteiger charge is 2.21. The van der Waals surface area contributed by atoms with Crippen molar-refractivity contribution in [2.45, 2.75) is 32.7 Å². The van der Waals surface area contributed by atoms with E-state index in [2.05, 4.69) is 9.88 Å². The lowest BCUT2D eigenvalue weighted by atomic mass is 9.95. The van der Waals surface area contributed by atoms with Crippen molar-refractivity contribution in [3.8, 4) is 11.1 Å². The van der Waals surface area contributed by atoms with Crippen LogP contribution in [0.2, 0.25) is 0 Å². The van der Waals surface area contributed by atoms with Crippen molar-refractivity contribution in [2.75, 3.05) is 18.4 Å². The summed E-state index contributed by atoms with van der Waals surface area (Å²) in [4.78, 5) is 31.6. The second-order valence-corrected chi connectivity index (χ2v) is 8.81. The van der Waals surface area contributed by atoms with Crippen molar-refractivity contribution in [3.63, 3.8) is 0 Å². The number of carboxylic acids is 1. The Kier molecular flexibility index (Phi) is 6.23. The molecule has 0 unspecified atom stereocenters. The van der Waals surface area contributed by atoms with Crippen molar-refractivity contribution in [2.24, 2.45) is 0 Å². The molecule has 5 rings (SSSR count). The van der Waals surface area contributed by atoms with Gasteiger partial charge in [0, 0.05) is 25.2 Å². The summed E-state index contributed by atoms with van der Waals surface area (Å²) >= 11 is 0. The molecule has 7 heteroatoms. The number of amides is 2. The number of hydrogen-bond donors (Lipinski definition) is 2. The lowest BCUT2D eigenvalue weighted by Gasteiger charge is -2.17. The Morgan fingerprint density at radius 1 is 1.00 bits per heavy atom. The summed E-state index contributed by atoms with van der Waals surface area (Å²) in [5.41, 5.74) is 4.94. The third kappa shape index (κ3) is 4.49. The SMILES string of the molecule is CCc1nc2ccc(NC(=O)N3CCCC3)cc2n1Cc1cccc(-c2ccccc2)c1C(=O)O. The van der Waals surface area contributed by atoms with Gasteiger partial charge in [0.2, 0.25) is 0 Å². The number of carboxylic acid groups (broad SMARTS) is 1. The molecule has 1 fully saturated rings. The quantitative estimate of drug-likeness (QED) is 0.383. The predicted octanol–water partition coefficient (Wildman–Crippen LogP) is 5.64. The zero-order valence-electron chi connectivity index (χ0n) is 19.7. The smallest absolute Gasteiger partial charge is 0.336 e. The molecular weight excluding hydrogens is 440 g/mol. The third-order valence-electron chi connectivity index (χ3n) is 6.57. The first-order chi connectivity index (χ1) is 17.0. The van der Waals surface area contributed by atoms with Crippen LogP contribution >= 0.6 is 0 Å². The van der Waals surface area contributed by atoms with Gasteiger partial charge in [0.15, 0.2) is 0 Å². The van der Waals surface area contributed by atoms with Crippen LogP contribution in [0.1, 0.15) is 41.5 Å². The first-order valence-corrected chi connectivity index (χ1v) is 12.0. The Hall–Kier alpha value is -4.13. The fraction of sp³-hybridized carbons (Fsp3) is 0.250. The number of anilines is 1. The number of carbonyl (C=O) groups is 2. The second kappa shape index (κ2) is 9.62. The average molecular weight is 469 g/mol. The number of hydrogen-bond acceptors (Lipinski definition) is 3. The van der Waals surface area contributed by atoms with E-state index in [0.29, 0.717) is 35.3 Å². The maximum Gasteiger partial charge on any atom is 0.336 e. The van der Waals surface area contributed by atoms with Gasteiger partial charge in [0.05, 0.1) is 23.1 Å². The Labute approximate surface area is 204 Å². The molecule has 0 radical (unpaired) electrons. The monoisotopic (exact) mass is 468 g/mol. The largest absolute Gasteiger partial charge is 0.478 e. The zero-order chi connectivity index (χ0) is 24.4. The standard InChI is InChI=1S/C28H28N4O3/c1-2-25-30-23-14-13-21(29-28(35)31-15-6-7-16-31)17-24(23)32(25)18-20-11-8-12-22(26(20)27(33)34)19-9-4-3-5-10-19/h3-5,8-14,17H,2,6-7,15-16,18H2,1H3,(H,29,35)(H,33,34). The molecule has 1 aliphatic rings. The van der Waals surface area contributed by atoms with E-state index in [4.69, 9.17) is 4.98 Å². The number of rotatable bonds is 6. The molecule has 2 heterocycles. The fourth-order valence-corrected chi connectivity index (χ4v) is 4.83. The van der Waals surface area contributed by atoms with Gasteiger partial charge in [-0.2, -0.15) is 0 Å². The van der Waals surface area contributed by atoms with Crippen LogP contribution < -0.4 is 5.32 Å². The number of aromatic nitrogens is 2. The number of carbonyl (C=O) groups excluding carboxylic acids is 1. The first-order valence-electron chi connectivity index (χ1n) is 12.0. The lowest BCUT2D eigenvalue weighted by Crippen LogP contribution is -2.32. The van der Waals surface area contributed by atoms with Crippen LogP contribution in [0.4, 0.5) is 10.5 Å². The molecule has 35 heavy (non-hydrogen) atoms. The zero-order valence-corrected chi connectivity index (χ0v) is 19.7. The molecular formula is C28H28N4O3. The predicted molar refractivity (Wildman–Crippen MR) is 137 cm³/mol.